The third-order valence-electron chi connectivity index (χ3n) is 2.86. The topological polar surface area (TPSA) is 21.3 Å². The Morgan fingerprint density at radius 3 is 2.83 bits per heavy atom. The number of halogens is 1. The maximum Gasteiger partial charge on any atom is 0.165 e. The molecule has 0 bridgehead atoms. The summed E-state index contributed by atoms with van der Waals surface area (Å²) in [5.74, 6) is -0.0157. The van der Waals surface area contributed by atoms with Crippen LogP contribution in [0.25, 0.3) is 0 Å². The van der Waals surface area contributed by atoms with Crippen molar-refractivity contribution < 1.29 is 9.13 Å². The first kappa shape index (κ1) is 13.1. The van der Waals surface area contributed by atoms with Crippen LogP contribution in [0.3, 0.4) is 0 Å². The molecule has 1 unspecified atom stereocenters. The van der Waals surface area contributed by atoms with E-state index in [0.29, 0.717) is 12.4 Å². The van der Waals surface area contributed by atoms with E-state index in [0.717, 1.165) is 11.1 Å². The first-order chi connectivity index (χ1) is 8.70. The summed E-state index contributed by atoms with van der Waals surface area (Å²) < 4.78 is 19.3. The van der Waals surface area contributed by atoms with Crippen molar-refractivity contribution in [3.05, 3.63) is 52.0 Å². The molecule has 0 saturated carbocycles. The molecule has 0 aliphatic carbocycles. The van der Waals surface area contributed by atoms with E-state index in [4.69, 9.17) is 4.74 Å². The zero-order chi connectivity index (χ0) is 13.0. The number of thiophene rings is 1. The number of hydrogen-bond acceptors (Lipinski definition) is 3. The van der Waals surface area contributed by atoms with Gasteiger partial charge in [-0.15, -0.1) is 0 Å². The molecule has 96 valence electrons. The van der Waals surface area contributed by atoms with Gasteiger partial charge in [-0.2, -0.15) is 11.3 Å². The smallest absolute Gasteiger partial charge is 0.165 e. The van der Waals surface area contributed by atoms with Crippen molar-refractivity contribution in [2.45, 2.75) is 19.6 Å². The van der Waals surface area contributed by atoms with Crippen LogP contribution < -0.4 is 10.1 Å². The van der Waals surface area contributed by atoms with Crippen molar-refractivity contribution in [2.24, 2.45) is 0 Å². The normalized spacial score (nSPS) is 12.4. The molecule has 0 aliphatic rings. The zero-order valence-electron chi connectivity index (χ0n) is 10.4. The van der Waals surface area contributed by atoms with Gasteiger partial charge in [0.1, 0.15) is 6.61 Å². The van der Waals surface area contributed by atoms with Gasteiger partial charge in [-0.05, 0) is 54.1 Å². The summed E-state index contributed by atoms with van der Waals surface area (Å²) in [6.07, 6.45) is 0. The first-order valence-electron chi connectivity index (χ1n) is 5.81. The van der Waals surface area contributed by atoms with E-state index in [1.165, 1.54) is 6.07 Å². The van der Waals surface area contributed by atoms with Crippen molar-refractivity contribution in [1.29, 1.82) is 0 Å². The molecule has 1 aromatic carbocycles. The highest BCUT2D eigenvalue weighted by Crippen LogP contribution is 2.23. The second kappa shape index (κ2) is 5.98. The molecule has 0 radical (unpaired) electrons. The summed E-state index contributed by atoms with van der Waals surface area (Å²) in [6.45, 7) is 2.39. The number of rotatable bonds is 5. The fourth-order valence-corrected chi connectivity index (χ4v) is 2.26. The molecule has 4 heteroatoms. The van der Waals surface area contributed by atoms with E-state index in [1.54, 1.807) is 17.4 Å². The molecule has 0 fully saturated rings. The Balaban J connectivity index is 2.05. The van der Waals surface area contributed by atoms with E-state index in [2.05, 4.69) is 5.32 Å². The van der Waals surface area contributed by atoms with Crippen molar-refractivity contribution in [3.8, 4) is 5.75 Å². The maximum absolute atomic E-state index is 13.8. The molecule has 0 saturated heterocycles. The average molecular weight is 265 g/mol. The van der Waals surface area contributed by atoms with Gasteiger partial charge in [-0.25, -0.2) is 4.39 Å². The van der Waals surface area contributed by atoms with Crippen LogP contribution in [-0.4, -0.2) is 7.05 Å². The quantitative estimate of drug-likeness (QED) is 0.889. The van der Waals surface area contributed by atoms with Gasteiger partial charge in [-0.1, -0.05) is 6.07 Å². The van der Waals surface area contributed by atoms with Gasteiger partial charge in [-0.3, -0.25) is 0 Å². The molecule has 2 aromatic rings. The molecular formula is C14H16FNOS. The van der Waals surface area contributed by atoms with Gasteiger partial charge in [0.05, 0.1) is 0 Å². The highest BCUT2D eigenvalue weighted by Gasteiger charge is 2.08. The predicted molar refractivity (Wildman–Crippen MR) is 72.5 cm³/mol. The fourth-order valence-electron chi connectivity index (χ4n) is 1.61. The average Bonchev–Trinajstić information content (AvgIpc) is 2.89. The van der Waals surface area contributed by atoms with E-state index < -0.39 is 0 Å². The Kier molecular flexibility index (Phi) is 4.33. The van der Waals surface area contributed by atoms with E-state index >= 15 is 0 Å². The Labute approximate surface area is 110 Å². The third kappa shape index (κ3) is 3.09. The van der Waals surface area contributed by atoms with Crippen molar-refractivity contribution in [2.75, 3.05) is 7.05 Å². The molecule has 0 spiro atoms. The van der Waals surface area contributed by atoms with Gasteiger partial charge in [0.15, 0.2) is 11.6 Å². The summed E-state index contributed by atoms with van der Waals surface area (Å²) in [5.41, 5.74) is 1.98. The lowest BCUT2D eigenvalue weighted by Crippen LogP contribution is -2.12. The molecule has 1 aromatic heterocycles. The zero-order valence-corrected chi connectivity index (χ0v) is 11.3. The Hall–Kier alpha value is -1.39. The van der Waals surface area contributed by atoms with Crippen molar-refractivity contribution in [1.82, 2.24) is 5.32 Å². The Bertz CT molecular complexity index is 499. The van der Waals surface area contributed by atoms with Crippen LogP contribution in [0.2, 0.25) is 0 Å². The molecule has 0 aliphatic heterocycles. The van der Waals surface area contributed by atoms with Crippen molar-refractivity contribution in [3.63, 3.8) is 0 Å². The molecule has 2 rings (SSSR count). The number of hydrogen-bond donors (Lipinski definition) is 1. The van der Waals surface area contributed by atoms with Gasteiger partial charge in [0.2, 0.25) is 0 Å². The summed E-state index contributed by atoms with van der Waals surface area (Å²) in [7, 11) is 1.85. The SMILES string of the molecule is CNC(C)c1ccc(OCc2ccsc2)c(F)c1. The number of nitrogens with one attached hydrogen (secondary N) is 1. The standard InChI is InChI=1S/C14H16FNOS/c1-10(16-2)12-3-4-14(13(15)7-12)17-8-11-5-6-18-9-11/h3-7,9-10,16H,8H2,1-2H3. The lowest BCUT2D eigenvalue weighted by atomic mass is 10.1. The largest absolute Gasteiger partial charge is 0.486 e. The molecule has 2 nitrogen and oxygen atoms in total. The maximum atomic E-state index is 13.8. The van der Waals surface area contributed by atoms with Gasteiger partial charge >= 0.3 is 0 Å². The second-order valence-corrected chi connectivity index (χ2v) is 4.90. The summed E-state index contributed by atoms with van der Waals surface area (Å²) in [5, 5.41) is 7.05. The van der Waals surface area contributed by atoms with Gasteiger partial charge in [0.25, 0.3) is 0 Å². The van der Waals surface area contributed by atoms with E-state index in [-0.39, 0.29) is 11.9 Å². The monoisotopic (exact) mass is 265 g/mol. The number of ether oxygens (including phenoxy) is 1. The Morgan fingerprint density at radius 2 is 2.22 bits per heavy atom. The first-order valence-corrected chi connectivity index (χ1v) is 6.75. The summed E-state index contributed by atoms with van der Waals surface area (Å²) >= 11 is 1.61. The van der Waals surface area contributed by atoms with Crippen molar-refractivity contribution >= 4 is 11.3 Å². The molecular weight excluding hydrogens is 249 g/mol. The lowest BCUT2D eigenvalue weighted by molar-refractivity contribution is 0.290. The minimum atomic E-state index is -0.315. The highest BCUT2D eigenvalue weighted by molar-refractivity contribution is 7.07. The highest BCUT2D eigenvalue weighted by atomic mass is 32.1. The second-order valence-electron chi connectivity index (χ2n) is 4.12. The molecule has 1 atom stereocenters. The molecule has 1 N–H and O–H groups in total. The Morgan fingerprint density at radius 1 is 1.39 bits per heavy atom. The van der Waals surface area contributed by atoms with Gasteiger partial charge in [0, 0.05) is 6.04 Å². The molecule has 18 heavy (non-hydrogen) atoms. The van der Waals surface area contributed by atoms with Crippen LogP contribution in [0.15, 0.2) is 35.0 Å². The van der Waals surface area contributed by atoms with Gasteiger partial charge < -0.3 is 10.1 Å². The van der Waals surface area contributed by atoms with Crippen LogP contribution in [-0.2, 0) is 6.61 Å². The molecule has 1 heterocycles. The van der Waals surface area contributed by atoms with Crippen LogP contribution in [0, 0.1) is 5.82 Å². The van der Waals surface area contributed by atoms with E-state index in [1.807, 2.05) is 36.9 Å². The van der Waals surface area contributed by atoms with Crippen LogP contribution in [0.5, 0.6) is 5.75 Å². The summed E-state index contributed by atoms with van der Waals surface area (Å²) in [6, 6.07) is 7.19. The van der Waals surface area contributed by atoms with E-state index in [9.17, 15) is 4.39 Å². The number of benzene rings is 1. The minimum Gasteiger partial charge on any atom is -0.486 e. The lowest BCUT2D eigenvalue weighted by Gasteiger charge is -2.12. The third-order valence-corrected chi connectivity index (χ3v) is 3.60. The fraction of sp³-hybridized carbons (Fsp3) is 0.286. The van der Waals surface area contributed by atoms with Crippen LogP contribution >= 0.6 is 11.3 Å². The van der Waals surface area contributed by atoms with Crippen LogP contribution in [0.4, 0.5) is 4.39 Å². The minimum absolute atomic E-state index is 0.130. The summed E-state index contributed by atoms with van der Waals surface area (Å²) in [4.78, 5) is 0. The van der Waals surface area contributed by atoms with Crippen LogP contribution in [0.1, 0.15) is 24.1 Å². The predicted octanol–water partition coefficient (Wildman–Crippen LogP) is 3.75. The molecule has 0 amide bonds.